The zero-order chi connectivity index (χ0) is 18.6. The third kappa shape index (κ3) is 3.41. The van der Waals surface area contributed by atoms with Crippen LogP contribution in [0.15, 0.2) is 61.2 Å². The highest BCUT2D eigenvalue weighted by molar-refractivity contribution is 5.71. The van der Waals surface area contributed by atoms with Crippen molar-refractivity contribution in [2.45, 2.75) is 6.61 Å². The molecule has 0 saturated heterocycles. The molecule has 7 nitrogen and oxygen atoms in total. The van der Waals surface area contributed by atoms with Gasteiger partial charge < -0.3 is 9.47 Å². The standard InChI is InChI=1S/C20H15N5O2/c1-26-18-8-14(9-21)5-6-17(18)15-10-23-20-24-16(12-25(20)11-15)13-27-19-4-2-3-7-22-19/h2-8,10-12H,13H2,1H3. The van der Waals surface area contributed by atoms with Crippen LogP contribution in [0.1, 0.15) is 11.3 Å². The highest BCUT2D eigenvalue weighted by Crippen LogP contribution is 2.30. The summed E-state index contributed by atoms with van der Waals surface area (Å²) in [6.07, 6.45) is 7.20. The Morgan fingerprint density at radius 3 is 2.85 bits per heavy atom. The Hall–Kier alpha value is -3.92. The molecule has 0 aliphatic heterocycles. The molecule has 0 fully saturated rings. The number of nitrogens with zero attached hydrogens (tertiary/aromatic N) is 5. The number of fused-ring (bicyclic) bond motifs is 1. The minimum Gasteiger partial charge on any atom is -0.496 e. The molecule has 4 aromatic rings. The molecule has 1 aromatic carbocycles. The van der Waals surface area contributed by atoms with E-state index in [0.29, 0.717) is 29.6 Å². The predicted molar refractivity (Wildman–Crippen MR) is 98.3 cm³/mol. The second kappa shape index (κ2) is 7.14. The summed E-state index contributed by atoms with van der Waals surface area (Å²) in [5.41, 5.74) is 3.00. The summed E-state index contributed by atoms with van der Waals surface area (Å²) in [5.74, 6) is 1.74. The van der Waals surface area contributed by atoms with E-state index in [0.717, 1.165) is 16.8 Å². The first-order valence-electron chi connectivity index (χ1n) is 8.23. The van der Waals surface area contributed by atoms with Crippen molar-refractivity contribution in [3.63, 3.8) is 0 Å². The van der Waals surface area contributed by atoms with Gasteiger partial charge in [0.15, 0.2) is 0 Å². The van der Waals surface area contributed by atoms with Gasteiger partial charge in [-0.2, -0.15) is 5.26 Å². The first-order valence-corrected chi connectivity index (χ1v) is 8.23. The van der Waals surface area contributed by atoms with E-state index in [-0.39, 0.29) is 0 Å². The molecule has 27 heavy (non-hydrogen) atoms. The van der Waals surface area contributed by atoms with Gasteiger partial charge in [-0.3, -0.25) is 4.40 Å². The fourth-order valence-corrected chi connectivity index (χ4v) is 2.72. The van der Waals surface area contributed by atoms with Crippen LogP contribution in [-0.4, -0.2) is 26.5 Å². The average Bonchev–Trinajstić information content (AvgIpc) is 3.14. The average molecular weight is 357 g/mol. The zero-order valence-corrected chi connectivity index (χ0v) is 14.5. The number of rotatable bonds is 5. The number of pyridine rings is 1. The Morgan fingerprint density at radius 1 is 1.15 bits per heavy atom. The molecule has 132 valence electrons. The van der Waals surface area contributed by atoms with Gasteiger partial charge in [-0.25, -0.2) is 15.0 Å². The van der Waals surface area contributed by atoms with Crippen LogP contribution in [0.3, 0.4) is 0 Å². The number of aromatic nitrogens is 4. The van der Waals surface area contributed by atoms with Crippen LogP contribution in [0.5, 0.6) is 11.6 Å². The second-order valence-electron chi connectivity index (χ2n) is 5.77. The number of nitriles is 1. The molecule has 4 rings (SSSR count). The lowest BCUT2D eigenvalue weighted by Crippen LogP contribution is -1.96. The largest absolute Gasteiger partial charge is 0.496 e. The molecule has 7 heteroatoms. The summed E-state index contributed by atoms with van der Waals surface area (Å²) in [5, 5.41) is 9.05. The van der Waals surface area contributed by atoms with Crippen molar-refractivity contribution >= 4 is 5.78 Å². The van der Waals surface area contributed by atoms with Gasteiger partial charge in [0.1, 0.15) is 12.4 Å². The van der Waals surface area contributed by atoms with E-state index in [1.165, 1.54) is 0 Å². The highest BCUT2D eigenvalue weighted by atomic mass is 16.5. The van der Waals surface area contributed by atoms with E-state index >= 15 is 0 Å². The normalized spacial score (nSPS) is 10.5. The van der Waals surface area contributed by atoms with Crippen molar-refractivity contribution in [2.75, 3.05) is 7.11 Å². The van der Waals surface area contributed by atoms with Crippen molar-refractivity contribution < 1.29 is 9.47 Å². The maximum Gasteiger partial charge on any atom is 0.234 e. The summed E-state index contributed by atoms with van der Waals surface area (Å²) < 4.78 is 12.9. The summed E-state index contributed by atoms with van der Waals surface area (Å²) in [4.78, 5) is 13.0. The first kappa shape index (κ1) is 16.5. The van der Waals surface area contributed by atoms with Gasteiger partial charge in [0.2, 0.25) is 11.7 Å². The van der Waals surface area contributed by atoms with Crippen molar-refractivity contribution in [3.05, 3.63) is 72.4 Å². The summed E-state index contributed by atoms with van der Waals surface area (Å²) in [7, 11) is 1.58. The molecule has 0 aliphatic carbocycles. The van der Waals surface area contributed by atoms with E-state index in [2.05, 4.69) is 21.0 Å². The number of hydrogen-bond donors (Lipinski definition) is 0. The number of methoxy groups -OCH3 is 1. The minimum absolute atomic E-state index is 0.301. The maximum absolute atomic E-state index is 9.05. The molecule has 0 aliphatic rings. The monoisotopic (exact) mass is 357 g/mol. The lowest BCUT2D eigenvalue weighted by molar-refractivity contribution is 0.290. The molecular weight excluding hydrogens is 342 g/mol. The molecule has 3 heterocycles. The van der Waals surface area contributed by atoms with Crippen LogP contribution in [0.4, 0.5) is 0 Å². The van der Waals surface area contributed by atoms with Crippen molar-refractivity contribution in [3.8, 4) is 28.8 Å². The Bertz CT molecular complexity index is 1130. The summed E-state index contributed by atoms with van der Waals surface area (Å²) in [6.45, 7) is 0.301. The van der Waals surface area contributed by atoms with Crippen molar-refractivity contribution in [2.24, 2.45) is 0 Å². The number of ether oxygens (including phenoxy) is 2. The number of benzene rings is 1. The Kier molecular flexibility index (Phi) is 4.37. The minimum atomic E-state index is 0.301. The van der Waals surface area contributed by atoms with Crippen LogP contribution in [0, 0.1) is 11.3 Å². The van der Waals surface area contributed by atoms with Gasteiger partial charge in [0.25, 0.3) is 0 Å². The fourth-order valence-electron chi connectivity index (χ4n) is 2.72. The SMILES string of the molecule is COc1cc(C#N)ccc1-c1cnc2nc(COc3ccccn3)cn2c1. The third-order valence-corrected chi connectivity index (χ3v) is 4.01. The Balaban J connectivity index is 1.62. The maximum atomic E-state index is 9.05. The fraction of sp³-hybridized carbons (Fsp3) is 0.100. The second-order valence-corrected chi connectivity index (χ2v) is 5.77. The zero-order valence-electron chi connectivity index (χ0n) is 14.5. The molecule has 0 amide bonds. The molecule has 3 aromatic heterocycles. The van der Waals surface area contributed by atoms with Crippen LogP contribution in [0.25, 0.3) is 16.9 Å². The summed E-state index contributed by atoms with van der Waals surface area (Å²) >= 11 is 0. The Morgan fingerprint density at radius 2 is 2.07 bits per heavy atom. The molecule has 0 spiro atoms. The quantitative estimate of drug-likeness (QED) is 0.545. The van der Waals surface area contributed by atoms with Crippen molar-refractivity contribution in [1.82, 2.24) is 19.4 Å². The topological polar surface area (TPSA) is 85.3 Å². The van der Waals surface area contributed by atoms with Gasteiger partial charge in [-0.05, 0) is 24.3 Å². The lowest BCUT2D eigenvalue weighted by atomic mass is 10.1. The van der Waals surface area contributed by atoms with Gasteiger partial charge in [0.05, 0.1) is 24.4 Å². The van der Waals surface area contributed by atoms with E-state index in [4.69, 9.17) is 14.7 Å². The molecular formula is C20H15N5O2. The van der Waals surface area contributed by atoms with E-state index < -0.39 is 0 Å². The van der Waals surface area contributed by atoms with Gasteiger partial charge in [0, 0.05) is 42.0 Å². The Labute approximate surface area is 155 Å². The molecule has 0 N–H and O–H groups in total. The molecule has 0 radical (unpaired) electrons. The van der Waals surface area contributed by atoms with E-state index in [1.54, 1.807) is 37.7 Å². The van der Waals surface area contributed by atoms with Crippen molar-refractivity contribution in [1.29, 1.82) is 5.26 Å². The third-order valence-electron chi connectivity index (χ3n) is 4.01. The molecule has 0 bridgehead atoms. The molecule has 0 unspecified atom stereocenters. The highest BCUT2D eigenvalue weighted by Gasteiger charge is 2.10. The van der Waals surface area contributed by atoms with Crippen LogP contribution in [-0.2, 0) is 6.61 Å². The summed E-state index contributed by atoms with van der Waals surface area (Å²) in [6, 6.07) is 12.9. The van der Waals surface area contributed by atoms with E-state index in [9.17, 15) is 0 Å². The number of hydrogen-bond acceptors (Lipinski definition) is 6. The lowest BCUT2D eigenvalue weighted by Gasteiger charge is -2.08. The van der Waals surface area contributed by atoms with Gasteiger partial charge >= 0.3 is 0 Å². The van der Waals surface area contributed by atoms with Crippen LogP contribution < -0.4 is 9.47 Å². The number of imidazole rings is 1. The first-order chi connectivity index (χ1) is 13.3. The van der Waals surface area contributed by atoms with E-state index in [1.807, 2.05) is 35.0 Å². The van der Waals surface area contributed by atoms with Crippen LogP contribution in [0.2, 0.25) is 0 Å². The van der Waals surface area contributed by atoms with Crippen LogP contribution >= 0.6 is 0 Å². The smallest absolute Gasteiger partial charge is 0.234 e. The predicted octanol–water partition coefficient (Wildman–Crippen LogP) is 3.25. The molecule has 0 saturated carbocycles. The van der Waals surface area contributed by atoms with Gasteiger partial charge in [-0.15, -0.1) is 0 Å². The molecule has 0 atom stereocenters. The van der Waals surface area contributed by atoms with Gasteiger partial charge in [-0.1, -0.05) is 6.07 Å².